The van der Waals surface area contributed by atoms with Crippen molar-refractivity contribution in [3.63, 3.8) is 0 Å². The molecule has 0 unspecified atom stereocenters. The van der Waals surface area contributed by atoms with Crippen molar-refractivity contribution in [2.24, 2.45) is 5.92 Å². The van der Waals surface area contributed by atoms with Gasteiger partial charge >= 0.3 is 0 Å². The molecule has 154 valence electrons. The Hall–Kier alpha value is -2.73. The number of hydrogen-bond acceptors (Lipinski definition) is 5. The van der Waals surface area contributed by atoms with Crippen molar-refractivity contribution >= 4 is 33.4 Å². The first-order valence-electron chi connectivity index (χ1n) is 9.48. The molecular formula is C21H18ClN3O4S. The van der Waals surface area contributed by atoms with Crippen LogP contribution in [0.1, 0.15) is 39.1 Å². The van der Waals surface area contributed by atoms with E-state index in [1.807, 2.05) is 6.07 Å². The summed E-state index contributed by atoms with van der Waals surface area (Å²) in [7, 11) is -3.86. The fourth-order valence-electron chi connectivity index (χ4n) is 3.94. The Labute approximate surface area is 179 Å². The van der Waals surface area contributed by atoms with E-state index in [1.165, 1.54) is 27.4 Å². The summed E-state index contributed by atoms with van der Waals surface area (Å²) in [6.45, 7) is 0.752. The largest absolute Gasteiger partial charge is 0.274 e. The Morgan fingerprint density at radius 1 is 1.03 bits per heavy atom. The summed E-state index contributed by atoms with van der Waals surface area (Å²) >= 11 is 5.94. The molecule has 0 saturated carbocycles. The molecule has 2 heterocycles. The van der Waals surface area contributed by atoms with Crippen molar-refractivity contribution in [3.8, 4) is 6.07 Å². The molecule has 0 radical (unpaired) electrons. The van der Waals surface area contributed by atoms with E-state index in [9.17, 15) is 23.3 Å². The zero-order chi connectivity index (χ0) is 21.5. The summed E-state index contributed by atoms with van der Waals surface area (Å²) in [6, 6.07) is 12.8. The maximum absolute atomic E-state index is 13.0. The molecule has 9 heteroatoms. The summed E-state index contributed by atoms with van der Waals surface area (Å²) in [4.78, 5) is 26.2. The highest BCUT2D eigenvalue weighted by molar-refractivity contribution is 7.89. The predicted octanol–water partition coefficient (Wildman–Crippen LogP) is 2.91. The van der Waals surface area contributed by atoms with Crippen LogP contribution in [0.3, 0.4) is 0 Å². The van der Waals surface area contributed by atoms with Crippen LogP contribution >= 0.6 is 11.6 Å². The predicted molar refractivity (Wildman–Crippen MR) is 109 cm³/mol. The number of amides is 2. The minimum absolute atomic E-state index is 0.00783. The fraction of sp³-hybridized carbons (Fsp3) is 0.286. The van der Waals surface area contributed by atoms with Crippen LogP contribution in [0.5, 0.6) is 0 Å². The van der Waals surface area contributed by atoms with Gasteiger partial charge in [0.25, 0.3) is 11.8 Å². The highest BCUT2D eigenvalue weighted by Gasteiger charge is 2.38. The number of carbonyl (C=O) groups excluding carboxylic acids is 2. The molecule has 0 bridgehead atoms. The number of halogens is 1. The van der Waals surface area contributed by atoms with Crippen LogP contribution in [0.25, 0.3) is 0 Å². The minimum Gasteiger partial charge on any atom is -0.274 e. The summed E-state index contributed by atoms with van der Waals surface area (Å²) < 4.78 is 27.4. The lowest BCUT2D eigenvalue weighted by Crippen LogP contribution is -2.43. The second-order valence-electron chi connectivity index (χ2n) is 7.37. The number of rotatable bonds is 4. The average Bonchev–Trinajstić information content (AvgIpc) is 2.99. The number of hydrogen-bond donors (Lipinski definition) is 0. The van der Waals surface area contributed by atoms with Crippen LogP contribution in [-0.2, 0) is 10.0 Å². The van der Waals surface area contributed by atoms with Crippen molar-refractivity contribution in [1.29, 1.82) is 5.26 Å². The third-order valence-corrected chi connectivity index (χ3v) is 7.75. The first-order chi connectivity index (χ1) is 14.3. The second-order valence-corrected chi connectivity index (χ2v) is 9.71. The van der Waals surface area contributed by atoms with Crippen molar-refractivity contribution in [3.05, 3.63) is 64.2 Å². The third kappa shape index (κ3) is 3.49. The SMILES string of the molecule is N#Cc1ccc(Cl)cc1S(=O)(=O)N1CCC(CN2C(=O)c3ccccc3C2=O)CC1. The Bertz CT molecular complexity index is 1150. The molecule has 1 saturated heterocycles. The molecule has 0 aromatic heterocycles. The van der Waals surface area contributed by atoms with Gasteiger partial charge in [-0.25, -0.2) is 8.42 Å². The van der Waals surface area contributed by atoms with Gasteiger partial charge in [-0.1, -0.05) is 23.7 Å². The number of nitrogens with zero attached hydrogens (tertiary/aromatic N) is 3. The van der Waals surface area contributed by atoms with E-state index >= 15 is 0 Å². The molecule has 0 spiro atoms. The van der Waals surface area contributed by atoms with Crippen LogP contribution in [0.4, 0.5) is 0 Å². The van der Waals surface area contributed by atoms with Gasteiger partial charge in [0, 0.05) is 24.7 Å². The van der Waals surface area contributed by atoms with Crippen molar-refractivity contribution in [2.45, 2.75) is 17.7 Å². The van der Waals surface area contributed by atoms with Gasteiger partial charge in [-0.3, -0.25) is 14.5 Å². The molecule has 2 aliphatic heterocycles. The molecule has 0 atom stereocenters. The van der Waals surface area contributed by atoms with Crippen LogP contribution in [0.2, 0.25) is 5.02 Å². The number of fused-ring (bicyclic) bond motifs is 1. The first kappa shape index (κ1) is 20.5. The normalized spacial score (nSPS) is 17.8. The molecule has 7 nitrogen and oxygen atoms in total. The number of piperidine rings is 1. The molecular weight excluding hydrogens is 426 g/mol. The van der Waals surface area contributed by atoms with Crippen molar-refractivity contribution < 1.29 is 18.0 Å². The number of sulfonamides is 1. The van der Waals surface area contributed by atoms with Crippen molar-refractivity contribution in [1.82, 2.24) is 9.21 Å². The summed E-state index contributed by atoms with van der Waals surface area (Å²) in [5, 5.41) is 9.49. The molecule has 2 aromatic carbocycles. The Balaban J connectivity index is 1.45. The lowest BCUT2D eigenvalue weighted by Gasteiger charge is -2.32. The van der Waals surface area contributed by atoms with Gasteiger partial charge in [0.15, 0.2) is 0 Å². The Kier molecular flexibility index (Phi) is 5.36. The quantitative estimate of drug-likeness (QED) is 0.676. The van der Waals surface area contributed by atoms with Gasteiger partial charge in [0.1, 0.15) is 11.0 Å². The van der Waals surface area contributed by atoms with Crippen LogP contribution in [-0.4, -0.2) is 49.1 Å². The number of imide groups is 1. The van der Waals surface area contributed by atoms with Gasteiger partial charge in [-0.15, -0.1) is 0 Å². The van der Waals surface area contributed by atoms with E-state index in [2.05, 4.69) is 0 Å². The standard InChI is InChI=1S/C21H18ClN3O4S/c22-16-6-5-15(12-23)19(11-16)30(28,29)24-9-7-14(8-10-24)13-25-20(26)17-3-1-2-4-18(17)21(25)27/h1-6,11,14H,7-10,13H2. The maximum atomic E-state index is 13.0. The second kappa shape index (κ2) is 7.84. The molecule has 2 aliphatic rings. The highest BCUT2D eigenvalue weighted by Crippen LogP contribution is 2.30. The third-order valence-electron chi connectivity index (χ3n) is 5.57. The Morgan fingerprint density at radius 2 is 1.63 bits per heavy atom. The molecule has 4 rings (SSSR count). The lowest BCUT2D eigenvalue weighted by molar-refractivity contribution is 0.0611. The van der Waals surface area contributed by atoms with Crippen LogP contribution in [0.15, 0.2) is 47.4 Å². The molecule has 1 fully saturated rings. The van der Waals surface area contributed by atoms with Gasteiger partial charge in [0.05, 0.1) is 16.7 Å². The van der Waals surface area contributed by atoms with E-state index in [4.69, 9.17) is 11.6 Å². The fourth-order valence-corrected chi connectivity index (χ4v) is 5.81. The van der Waals surface area contributed by atoms with Crippen LogP contribution in [0, 0.1) is 17.2 Å². The topological polar surface area (TPSA) is 98.5 Å². The van der Waals surface area contributed by atoms with Gasteiger partial charge in [0.2, 0.25) is 10.0 Å². The number of carbonyl (C=O) groups is 2. The zero-order valence-electron chi connectivity index (χ0n) is 15.9. The molecule has 2 aromatic rings. The number of benzene rings is 2. The van der Waals surface area contributed by atoms with Gasteiger partial charge in [-0.05, 0) is 49.1 Å². The van der Waals surface area contributed by atoms with E-state index in [0.717, 1.165) is 0 Å². The minimum atomic E-state index is -3.86. The monoisotopic (exact) mass is 443 g/mol. The van der Waals surface area contributed by atoms with Crippen molar-refractivity contribution in [2.75, 3.05) is 19.6 Å². The smallest absolute Gasteiger partial charge is 0.261 e. The van der Waals surface area contributed by atoms with Gasteiger partial charge in [-0.2, -0.15) is 9.57 Å². The average molecular weight is 444 g/mol. The van der Waals surface area contributed by atoms with E-state index in [0.29, 0.717) is 24.0 Å². The summed E-state index contributed by atoms with van der Waals surface area (Å²) in [5.41, 5.74) is 0.868. The van der Waals surface area contributed by atoms with E-state index < -0.39 is 10.0 Å². The molecule has 0 N–H and O–H groups in total. The highest BCUT2D eigenvalue weighted by atomic mass is 35.5. The molecule has 2 amide bonds. The first-order valence-corrected chi connectivity index (χ1v) is 11.3. The Morgan fingerprint density at radius 3 is 2.20 bits per heavy atom. The molecule has 30 heavy (non-hydrogen) atoms. The van der Waals surface area contributed by atoms with Crippen LogP contribution < -0.4 is 0 Å². The summed E-state index contributed by atoms with van der Waals surface area (Å²) in [6.07, 6.45) is 1.02. The number of nitriles is 1. The van der Waals surface area contributed by atoms with E-state index in [1.54, 1.807) is 24.3 Å². The lowest BCUT2D eigenvalue weighted by atomic mass is 9.97. The maximum Gasteiger partial charge on any atom is 0.261 e. The summed E-state index contributed by atoms with van der Waals surface area (Å²) in [5.74, 6) is -0.597. The van der Waals surface area contributed by atoms with E-state index in [-0.39, 0.29) is 52.8 Å². The molecule has 0 aliphatic carbocycles. The van der Waals surface area contributed by atoms with Gasteiger partial charge < -0.3 is 0 Å². The zero-order valence-corrected chi connectivity index (χ0v) is 17.5.